The lowest BCUT2D eigenvalue weighted by atomic mass is 9.96. The quantitative estimate of drug-likeness (QED) is 0.177. The van der Waals surface area contributed by atoms with Gasteiger partial charge in [-0.2, -0.15) is 0 Å². The number of fused-ring (bicyclic) bond motifs is 9. The third-order valence-corrected chi connectivity index (χ3v) is 11.3. The average molecular weight is 730 g/mol. The predicted molar refractivity (Wildman–Crippen MR) is 232 cm³/mol. The second-order valence-corrected chi connectivity index (χ2v) is 14.4. The molecule has 266 valence electrons. The second-order valence-electron chi connectivity index (χ2n) is 14.4. The fraction of sp³-hybridized carbons (Fsp3) is 0. The summed E-state index contributed by atoms with van der Waals surface area (Å²) in [6.07, 6.45) is 5.59. The van der Waals surface area contributed by atoms with Crippen LogP contribution >= 0.6 is 0 Å². The van der Waals surface area contributed by atoms with Gasteiger partial charge in [0.25, 0.3) is 0 Å². The van der Waals surface area contributed by atoms with Crippen LogP contribution in [0.5, 0.6) is 0 Å². The molecule has 12 rings (SSSR count). The van der Waals surface area contributed by atoms with Crippen molar-refractivity contribution in [3.05, 3.63) is 188 Å². The topological polar surface area (TPSA) is 61.7 Å². The highest BCUT2D eigenvalue weighted by atomic mass is 16.3. The van der Waals surface area contributed by atoms with E-state index >= 15 is 0 Å². The molecule has 0 fully saturated rings. The van der Waals surface area contributed by atoms with Crippen molar-refractivity contribution in [3.8, 4) is 44.9 Å². The van der Waals surface area contributed by atoms with Crippen LogP contribution in [0.4, 0.5) is 0 Å². The Morgan fingerprint density at radius 1 is 0.368 bits per heavy atom. The molecule has 6 aromatic heterocycles. The van der Waals surface area contributed by atoms with Crippen molar-refractivity contribution in [2.75, 3.05) is 0 Å². The van der Waals surface area contributed by atoms with Gasteiger partial charge in [-0.3, -0.25) is 15.0 Å². The molecule has 0 unspecified atom stereocenters. The number of hydrogen-bond acceptors (Lipinski definition) is 4. The maximum atomic E-state index is 6.72. The van der Waals surface area contributed by atoms with Crippen LogP contribution in [0.2, 0.25) is 0 Å². The number of rotatable bonds is 5. The van der Waals surface area contributed by atoms with Gasteiger partial charge in [-0.25, -0.2) is 0 Å². The molecule has 0 saturated heterocycles. The molecular formula is C51H31N5O. The van der Waals surface area contributed by atoms with E-state index in [1.807, 2.05) is 48.9 Å². The van der Waals surface area contributed by atoms with Gasteiger partial charge in [-0.1, -0.05) is 78.9 Å². The first-order valence-electron chi connectivity index (χ1n) is 19.1. The van der Waals surface area contributed by atoms with Crippen LogP contribution < -0.4 is 0 Å². The number of benzene rings is 6. The van der Waals surface area contributed by atoms with Crippen LogP contribution in [0, 0.1) is 0 Å². The minimum atomic E-state index is 0.844. The number of pyridine rings is 3. The molecule has 0 atom stereocenters. The summed E-state index contributed by atoms with van der Waals surface area (Å²) in [6, 6.07) is 59.6. The van der Waals surface area contributed by atoms with Crippen LogP contribution in [0.25, 0.3) is 111 Å². The maximum absolute atomic E-state index is 6.72. The number of furan rings is 1. The fourth-order valence-corrected chi connectivity index (χ4v) is 8.77. The van der Waals surface area contributed by atoms with Gasteiger partial charge in [0.15, 0.2) is 0 Å². The van der Waals surface area contributed by atoms with Crippen LogP contribution in [0.1, 0.15) is 0 Å². The Morgan fingerprint density at radius 3 is 1.72 bits per heavy atom. The number of hydrogen-bond donors (Lipinski definition) is 0. The van der Waals surface area contributed by atoms with E-state index in [0.717, 1.165) is 111 Å². The van der Waals surface area contributed by atoms with Gasteiger partial charge in [-0.15, -0.1) is 0 Å². The monoisotopic (exact) mass is 729 g/mol. The molecule has 6 nitrogen and oxygen atoms in total. The van der Waals surface area contributed by atoms with E-state index in [4.69, 9.17) is 14.4 Å². The summed E-state index contributed by atoms with van der Waals surface area (Å²) in [7, 11) is 0. The zero-order valence-corrected chi connectivity index (χ0v) is 30.5. The van der Waals surface area contributed by atoms with E-state index in [2.05, 4.69) is 154 Å². The summed E-state index contributed by atoms with van der Waals surface area (Å²) in [4.78, 5) is 14.4. The highest BCUT2D eigenvalue weighted by Crippen LogP contribution is 2.41. The summed E-state index contributed by atoms with van der Waals surface area (Å²) in [5.41, 5.74) is 16.6. The van der Waals surface area contributed by atoms with Crippen molar-refractivity contribution >= 4 is 65.8 Å². The molecule has 0 bridgehead atoms. The van der Waals surface area contributed by atoms with Gasteiger partial charge in [-0.05, 0) is 108 Å². The lowest BCUT2D eigenvalue weighted by Gasteiger charge is -2.11. The first-order valence-corrected chi connectivity index (χ1v) is 19.1. The third kappa shape index (κ3) is 4.81. The van der Waals surface area contributed by atoms with Crippen molar-refractivity contribution < 1.29 is 4.42 Å². The van der Waals surface area contributed by atoms with Crippen molar-refractivity contribution in [2.24, 2.45) is 0 Å². The lowest BCUT2D eigenvalue weighted by molar-refractivity contribution is 0.670. The van der Waals surface area contributed by atoms with Crippen molar-refractivity contribution in [1.29, 1.82) is 0 Å². The maximum Gasteiger partial charge on any atom is 0.143 e. The van der Waals surface area contributed by atoms with Crippen LogP contribution in [-0.2, 0) is 0 Å². The summed E-state index contributed by atoms with van der Waals surface area (Å²) in [6.45, 7) is 0. The van der Waals surface area contributed by atoms with Gasteiger partial charge in [0.2, 0.25) is 0 Å². The Labute approximate surface area is 326 Å². The Kier molecular flexibility index (Phi) is 6.83. The molecular weight excluding hydrogens is 699 g/mol. The summed E-state index contributed by atoms with van der Waals surface area (Å²) in [5, 5.41) is 4.33. The first kappa shape index (κ1) is 31.5. The number of aromatic nitrogens is 5. The largest absolute Gasteiger partial charge is 0.455 e. The summed E-state index contributed by atoms with van der Waals surface area (Å²) >= 11 is 0. The molecule has 0 saturated carbocycles. The standard InChI is InChI=1S/C51H31N5O/c1-2-11-34(12-3-1)55-44-24-21-33(30-42(44)49-46(55)18-9-27-53-49)37-15-8-16-39-40-31-35(22-25-48(40)57-51(37)39)56-45-23-20-32(29-41(45)50-47(56)19-10-28-54-50)36-13-4-5-14-38(36)43-17-6-7-26-52-43/h1-31H. The average Bonchev–Trinajstić information content (AvgIpc) is 3.94. The molecule has 0 radical (unpaired) electrons. The highest BCUT2D eigenvalue weighted by molar-refractivity contribution is 6.14. The molecule has 0 aliphatic heterocycles. The minimum absolute atomic E-state index is 0.844. The smallest absolute Gasteiger partial charge is 0.143 e. The van der Waals surface area contributed by atoms with E-state index in [9.17, 15) is 0 Å². The van der Waals surface area contributed by atoms with Gasteiger partial charge in [0.1, 0.15) is 11.2 Å². The van der Waals surface area contributed by atoms with E-state index in [1.54, 1.807) is 0 Å². The van der Waals surface area contributed by atoms with Crippen molar-refractivity contribution in [2.45, 2.75) is 0 Å². The molecule has 0 spiro atoms. The van der Waals surface area contributed by atoms with E-state index in [-0.39, 0.29) is 0 Å². The second kappa shape index (κ2) is 12.3. The normalized spacial score (nSPS) is 11.9. The molecule has 0 N–H and O–H groups in total. The lowest BCUT2D eigenvalue weighted by Crippen LogP contribution is -1.93. The van der Waals surface area contributed by atoms with Crippen LogP contribution in [-0.4, -0.2) is 24.1 Å². The minimum Gasteiger partial charge on any atom is -0.455 e. The molecule has 6 aromatic carbocycles. The van der Waals surface area contributed by atoms with E-state index in [1.165, 1.54) is 0 Å². The van der Waals surface area contributed by atoms with Crippen molar-refractivity contribution in [3.63, 3.8) is 0 Å². The SMILES string of the molecule is c1ccc(-n2c3ccc(-c4cccc5c4oc4ccc(-n6c7ccc(-c8ccccc8-c8ccccn8)cc7c7ncccc76)cc45)cc3c3ncccc32)cc1. The Balaban J connectivity index is 1.00. The molecule has 6 heteroatoms. The molecule has 12 aromatic rings. The summed E-state index contributed by atoms with van der Waals surface area (Å²) < 4.78 is 11.3. The zero-order chi connectivity index (χ0) is 37.5. The zero-order valence-electron chi connectivity index (χ0n) is 30.5. The van der Waals surface area contributed by atoms with E-state index < -0.39 is 0 Å². The van der Waals surface area contributed by atoms with Crippen LogP contribution in [0.3, 0.4) is 0 Å². The molecule has 0 amide bonds. The van der Waals surface area contributed by atoms with Crippen molar-refractivity contribution in [1.82, 2.24) is 24.1 Å². The van der Waals surface area contributed by atoms with Gasteiger partial charge >= 0.3 is 0 Å². The molecule has 57 heavy (non-hydrogen) atoms. The number of para-hydroxylation sites is 2. The van der Waals surface area contributed by atoms with Gasteiger partial charge in [0, 0.05) is 62.6 Å². The Bertz CT molecular complexity index is 3520. The summed E-state index contributed by atoms with van der Waals surface area (Å²) in [5.74, 6) is 0. The van der Waals surface area contributed by atoms with Crippen LogP contribution in [0.15, 0.2) is 193 Å². The third-order valence-electron chi connectivity index (χ3n) is 11.3. The molecule has 0 aliphatic carbocycles. The highest BCUT2D eigenvalue weighted by Gasteiger charge is 2.20. The van der Waals surface area contributed by atoms with Gasteiger partial charge in [0.05, 0.1) is 38.8 Å². The van der Waals surface area contributed by atoms with Gasteiger partial charge < -0.3 is 13.6 Å². The number of nitrogens with zero attached hydrogens (tertiary/aromatic N) is 5. The predicted octanol–water partition coefficient (Wildman–Crippen LogP) is 13.0. The fourth-order valence-electron chi connectivity index (χ4n) is 8.77. The Hall–Kier alpha value is -7.83. The molecule has 6 heterocycles. The first-order chi connectivity index (χ1) is 28.3. The van der Waals surface area contributed by atoms with E-state index in [0.29, 0.717) is 0 Å². The molecule has 0 aliphatic rings. The Morgan fingerprint density at radius 2 is 1.00 bits per heavy atom.